The number of thiazole rings is 1. The summed E-state index contributed by atoms with van der Waals surface area (Å²) >= 11 is 6.81. The molecule has 19 heavy (non-hydrogen) atoms. The molecule has 3 nitrogen and oxygen atoms in total. The van der Waals surface area contributed by atoms with E-state index >= 15 is 0 Å². The van der Waals surface area contributed by atoms with Crippen LogP contribution in [0.25, 0.3) is 10.8 Å². The second kappa shape index (κ2) is 5.34. The van der Waals surface area contributed by atoms with Gasteiger partial charge in [-0.25, -0.2) is 4.98 Å². The number of hydrogen-bond donors (Lipinski definition) is 2. The van der Waals surface area contributed by atoms with Crippen LogP contribution in [0.15, 0.2) is 54.0 Å². The van der Waals surface area contributed by atoms with Crippen molar-refractivity contribution in [3.63, 3.8) is 0 Å². The molecule has 3 rings (SSSR count). The Balaban J connectivity index is 1.83. The monoisotopic (exact) mass is 285 g/mol. The van der Waals surface area contributed by atoms with Gasteiger partial charge in [-0.05, 0) is 23.7 Å². The maximum atomic E-state index is 5.29. The first kappa shape index (κ1) is 12.1. The number of nitrogens with one attached hydrogen (secondary N) is 2. The van der Waals surface area contributed by atoms with Crippen LogP contribution in [0.2, 0.25) is 0 Å². The van der Waals surface area contributed by atoms with Gasteiger partial charge in [0.15, 0.2) is 10.2 Å². The molecule has 0 saturated carbocycles. The fraction of sp³-hybridized carbons (Fsp3) is 0. The second-order valence-electron chi connectivity index (χ2n) is 3.94. The zero-order valence-corrected chi connectivity index (χ0v) is 11.6. The molecule has 94 valence electrons. The largest absolute Gasteiger partial charge is 0.332 e. The van der Waals surface area contributed by atoms with E-state index in [0.29, 0.717) is 5.11 Å². The molecule has 0 atom stereocenters. The third-order valence-corrected chi connectivity index (χ3v) is 3.58. The summed E-state index contributed by atoms with van der Waals surface area (Å²) in [5.41, 5.74) is 0.993. The number of rotatable bonds is 2. The molecule has 5 heteroatoms. The van der Waals surface area contributed by atoms with Gasteiger partial charge in [-0.15, -0.1) is 11.3 Å². The SMILES string of the molecule is S=C(Nc1nccs1)Nc1cccc2ccccc12. The molecule has 0 bridgehead atoms. The smallest absolute Gasteiger partial charge is 0.188 e. The van der Waals surface area contributed by atoms with E-state index in [-0.39, 0.29) is 0 Å². The molecule has 3 aromatic rings. The van der Waals surface area contributed by atoms with E-state index in [0.717, 1.165) is 16.2 Å². The first-order valence-electron chi connectivity index (χ1n) is 5.78. The van der Waals surface area contributed by atoms with Gasteiger partial charge in [-0.2, -0.15) is 0 Å². The Bertz CT molecular complexity index is 702. The quantitative estimate of drug-likeness (QED) is 0.695. The number of fused-ring (bicyclic) bond motifs is 1. The van der Waals surface area contributed by atoms with Crippen molar-refractivity contribution in [2.24, 2.45) is 0 Å². The lowest BCUT2D eigenvalue weighted by molar-refractivity contribution is 1.41. The molecule has 2 aromatic carbocycles. The van der Waals surface area contributed by atoms with Crippen molar-refractivity contribution in [3.05, 3.63) is 54.0 Å². The molecule has 1 aromatic heterocycles. The van der Waals surface area contributed by atoms with Gasteiger partial charge >= 0.3 is 0 Å². The van der Waals surface area contributed by atoms with Gasteiger partial charge < -0.3 is 10.6 Å². The molecule has 2 N–H and O–H groups in total. The van der Waals surface area contributed by atoms with Gasteiger partial charge in [-0.1, -0.05) is 36.4 Å². The third-order valence-electron chi connectivity index (χ3n) is 2.69. The van der Waals surface area contributed by atoms with E-state index in [1.165, 1.54) is 16.7 Å². The summed E-state index contributed by atoms with van der Waals surface area (Å²) in [6.45, 7) is 0. The number of aromatic nitrogens is 1. The lowest BCUT2D eigenvalue weighted by Gasteiger charge is -2.10. The normalized spacial score (nSPS) is 10.3. The van der Waals surface area contributed by atoms with E-state index < -0.39 is 0 Å². The van der Waals surface area contributed by atoms with Crippen molar-refractivity contribution in [2.75, 3.05) is 10.6 Å². The maximum Gasteiger partial charge on any atom is 0.188 e. The molecule has 0 aliphatic carbocycles. The topological polar surface area (TPSA) is 37.0 Å². The lowest BCUT2D eigenvalue weighted by atomic mass is 10.1. The predicted molar refractivity (Wildman–Crippen MR) is 85.9 cm³/mol. The van der Waals surface area contributed by atoms with Crippen LogP contribution < -0.4 is 10.6 Å². The lowest BCUT2D eigenvalue weighted by Crippen LogP contribution is -2.19. The van der Waals surface area contributed by atoms with Crippen molar-refractivity contribution in [3.8, 4) is 0 Å². The molecular formula is C14H11N3S2. The average molecular weight is 285 g/mol. The molecule has 0 aliphatic rings. The Labute approximate surface area is 120 Å². The van der Waals surface area contributed by atoms with Gasteiger partial charge in [0.2, 0.25) is 0 Å². The first-order chi connectivity index (χ1) is 9.33. The zero-order valence-electron chi connectivity index (χ0n) is 9.96. The number of anilines is 2. The highest BCUT2D eigenvalue weighted by molar-refractivity contribution is 7.80. The summed E-state index contributed by atoms with van der Waals surface area (Å²) in [5.74, 6) is 0. The van der Waals surface area contributed by atoms with Crippen LogP contribution in [0.4, 0.5) is 10.8 Å². The number of benzene rings is 2. The minimum atomic E-state index is 0.548. The number of nitrogens with zero attached hydrogens (tertiary/aromatic N) is 1. The van der Waals surface area contributed by atoms with Crippen molar-refractivity contribution in [1.82, 2.24) is 4.98 Å². The van der Waals surface area contributed by atoms with Crippen LogP contribution in [-0.4, -0.2) is 10.1 Å². The molecule has 0 amide bonds. The van der Waals surface area contributed by atoms with Crippen molar-refractivity contribution in [1.29, 1.82) is 0 Å². The van der Waals surface area contributed by atoms with E-state index in [2.05, 4.69) is 33.8 Å². The fourth-order valence-corrected chi connectivity index (χ4v) is 2.67. The van der Waals surface area contributed by atoms with Gasteiger partial charge in [0.05, 0.1) is 0 Å². The van der Waals surface area contributed by atoms with Crippen molar-refractivity contribution >= 4 is 50.3 Å². The highest BCUT2D eigenvalue weighted by atomic mass is 32.1. The average Bonchev–Trinajstić information content (AvgIpc) is 2.92. The summed E-state index contributed by atoms with van der Waals surface area (Å²) in [5, 5.41) is 11.8. The standard InChI is InChI=1S/C14H11N3S2/c18-13(17-14-15-8-9-19-14)16-12-7-3-5-10-4-1-2-6-11(10)12/h1-9H,(H2,15,16,17,18). The van der Waals surface area contributed by atoms with E-state index in [4.69, 9.17) is 12.2 Å². The van der Waals surface area contributed by atoms with Crippen LogP contribution in [0.5, 0.6) is 0 Å². The molecule has 0 spiro atoms. The predicted octanol–water partition coefficient (Wildman–Crippen LogP) is 4.11. The van der Waals surface area contributed by atoms with Crippen LogP contribution >= 0.6 is 23.6 Å². The van der Waals surface area contributed by atoms with Gasteiger partial charge in [0.25, 0.3) is 0 Å². The van der Waals surface area contributed by atoms with Crippen LogP contribution in [0, 0.1) is 0 Å². The Hall–Kier alpha value is -1.98. The summed E-state index contributed by atoms with van der Waals surface area (Å²) in [6, 6.07) is 14.3. The first-order valence-corrected chi connectivity index (χ1v) is 7.07. The van der Waals surface area contributed by atoms with Crippen LogP contribution in [0.3, 0.4) is 0 Å². The summed E-state index contributed by atoms with van der Waals surface area (Å²) in [4.78, 5) is 4.14. The van der Waals surface area contributed by atoms with E-state index in [9.17, 15) is 0 Å². The Morgan fingerprint density at radius 1 is 1.05 bits per heavy atom. The zero-order chi connectivity index (χ0) is 13.1. The van der Waals surface area contributed by atoms with Gasteiger partial charge in [-0.3, -0.25) is 0 Å². The number of thiocarbonyl (C=S) groups is 1. The van der Waals surface area contributed by atoms with Gasteiger partial charge in [0, 0.05) is 22.7 Å². The molecule has 0 fully saturated rings. The molecule has 0 aliphatic heterocycles. The Kier molecular flexibility index (Phi) is 3.39. The van der Waals surface area contributed by atoms with Crippen LogP contribution in [-0.2, 0) is 0 Å². The highest BCUT2D eigenvalue weighted by Gasteiger charge is 2.03. The molecule has 0 saturated heterocycles. The molecular weight excluding hydrogens is 274 g/mol. The second-order valence-corrected chi connectivity index (χ2v) is 5.25. The summed E-state index contributed by atoms with van der Waals surface area (Å²) in [7, 11) is 0. The molecule has 0 unspecified atom stereocenters. The van der Waals surface area contributed by atoms with Crippen molar-refractivity contribution in [2.45, 2.75) is 0 Å². The molecule has 0 radical (unpaired) electrons. The third kappa shape index (κ3) is 2.72. The van der Waals surface area contributed by atoms with Gasteiger partial charge in [0.1, 0.15) is 0 Å². The Morgan fingerprint density at radius 2 is 1.89 bits per heavy atom. The minimum Gasteiger partial charge on any atom is -0.332 e. The Morgan fingerprint density at radius 3 is 2.74 bits per heavy atom. The number of hydrogen-bond acceptors (Lipinski definition) is 3. The van der Waals surface area contributed by atoms with E-state index in [1.54, 1.807) is 6.20 Å². The van der Waals surface area contributed by atoms with E-state index in [1.807, 2.05) is 29.6 Å². The minimum absolute atomic E-state index is 0.548. The molecule has 1 heterocycles. The summed E-state index contributed by atoms with van der Waals surface area (Å²) in [6.07, 6.45) is 1.74. The maximum absolute atomic E-state index is 5.29. The summed E-state index contributed by atoms with van der Waals surface area (Å²) < 4.78 is 0. The highest BCUT2D eigenvalue weighted by Crippen LogP contribution is 2.23. The van der Waals surface area contributed by atoms with Crippen LogP contribution in [0.1, 0.15) is 0 Å². The van der Waals surface area contributed by atoms with Crippen molar-refractivity contribution < 1.29 is 0 Å². The fourth-order valence-electron chi connectivity index (χ4n) is 1.87.